The van der Waals surface area contributed by atoms with Crippen molar-refractivity contribution < 1.29 is 98.4 Å². The lowest BCUT2D eigenvalue weighted by molar-refractivity contribution is -0.147. The molecule has 12 aliphatic carbocycles. The monoisotopic (exact) mass is 1720 g/mol. The molecule has 0 saturated heterocycles. The number of rotatable bonds is 24. The Morgan fingerprint density at radius 2 is 0.508 bits per heavy atom. The molecule has 20 nitrogen and oxygen atoms in total. The summed E-state index contributed by atoms with van der Waals surface area (Å²) in [5.74, 6) is -9.12. The van der Waals surface area contributed by atoms with Crippen molar-refractivity contribution >= 4 is 69.4 Å². The Labute approximate surface area is 738 Å². The van der Waals surface area contributed by atoms with E-state index in [-0.39, 0.29) is 215 Å². The topological polar surface area (TPSA) is 367 Å². The first kappa shape index (κ1) is 101. The lowest BCUT2D eigenvalue weighted by atomic mass is 9.62. The molecule has 0 aromatic carbocycles. The Morgan fingerprint density at radius 3 is 0.669 bits per heavy atom. The second-order valence-corrected chi connectivity index (χ2v) is 47.0. The van der Waals surface area contributed by atoms with Gasteiger partial charge in [0.25, 0.3) is 0 Å². The Kier molecular flexibility index (Phi) is 26.5. The summed E-state index contributed by atoms with van der Waals surface area (Å²) in [5.41, 5.74) is -13.3. The zero-order valence-corrected chi connectivity index (χ0v) is 81.0. The minimum absolute atomic E-state index is 0.0297. The molecule has 688 valence electrons. The summed E-state index contributed by atoms with van der Waals surface area (Å²) in [5, 5.41) is 89.0. The fourth-order valence-electron chi connectivity index (χ4n) is 27.2. The highest BCUT2D eigenvalue weighted by molar-refractivity contribution is 6.35. The number of hydrogen-bond donors (Lipinski definition) is 8. The molecule has 0 aliphatic heterocycles. The van der Waals surface area contributed by atoms with E-state index in [4.69, 9.17) is 0 Å². The van der Waals surface area contributed by atoms with Crippen LogP contribution in [0, 0.1) is 136 Å². The van der Waals surface area contributed by atoms with Crippen LogP contribution in [0.15, 0.2) is 91.9 Å². The van der Waals surface area contributed by atoms with Gasteiger partial charge in [0.2, 0.25) is 0 Å². The van der Waals surface area contributed by atoms with Crippen molar-refractivity contribution in [3.63, 3.8) is 0 Å². The molecule has 12 aliphatic rings. The molecule has 0 amide bonds. The van der Waals surface area contributed by atoms with E-state index in [2.05, 4.69) is 0 Å². The van der Waals surface area contributed by atoms with Gasteiger partial charge in [0.05, 0.1) is 65.7 Å². The van der Waals surface area contributed by atoms with Crippen LogP contribution in [0.5, 0.6) is 0 Å². The maximum absolute atomic E-state index is 14.1. The summed E-state index contributed by atoms with van der Waals surface area (Å²) in [6.45, 7) is 60.2. The Bertz CT molecular complexity index is 4460. The van der Waals surface area contributed by atoms with Crippen LogP contribution >= 0.6 is 0 Å². The van der Waals surface area contributed by atoms with Gasteiger partial charge in [-0.1, -0.05) is 157 Å². The molecule has 0 heterocycles. The summed E-state index contributed by atoms with van der Waals surface area (Å²) in [6, 6.07) is 0. The fourth-order valence-corrected chi connectivity index (χ4v) is 27.2. The zero-order valence-electron chi connectivity index (χ0n) is 81.0. The number of aliphatic hydroxyl groups excluding tert-OH is 4. The third-order valence-corrected chi connectivity index (χ3v) is 33.7. The van der Waals surface area contributed by atoms with Crippen LogP contribution in [-0.2, 0) is 57.5 Å². The Morgan fingerprint density at radius 1 is 0.331 bits per heavy atom. The molecule has 0 radical (unpaired) electrons. The number of carbonyl (C=O) groups excluding carboxylic acids is 12. The number of aliphatic hydroxyl groups is 8. The van der Waals surface area contributed by atoms with Gasteiger partial charge in [0, 0.05) is 24.7 Å². The molecule has 20 heteroatoms. The van der Waals surface area contributed by atoms with Crippen molar-refractivity contribution in [3.8, 4) is 0 Å². The first-order valence-electron chi connectivity index (χ1n) is 45.9. The normalized spacial score (nSPS) is 34.8. The summed E-state index contributed by atoms with van der Waals surface area (Å²) in [6.07, 6.45) is 12.4. The maximum atomic E-state index is 14.1. The third kappa shape index (κ3) is 14.9. The summed E-state index contributed by atoms with van der Waals surface area (Å²) < 4.78 is 0. The second-order valence-electron chi connectivity index (χ2n) is 47.0. The molecular weight excluding hydrogens is 1570 g/mol. The SMILES string of the molecule is CC(C)=CCC12C[C@@H]3C(C)(C)[C@H](C(C)(C)O)C[C@]3(C(=O)C(C(=O)CC(C)C)=C1O)C2=O.CC(C)=CCC12C[C@H]3C(C)(C)[C@@H](C(C)(C)O)C[C@@]3(C(=O)C(C(=O)CC(C)C)=C1O)C2=O.CCC(C)C(=O)C1=C(O)C2(CC=C(C)C)C[C@@H]3C(C)(C)[C@H](C(C)(C)O)C[C@]3(C1=O)C2=O.CCC(C)C(=O)C1=C(O)C2(CC=C(C)C)C[C@H]3C(C)(C)[C@@H](C(C)(C)O)C[C@@]3(C1=O)C2=O. The smallest absolute Gasteiger partial charge is 0.183 e. The van der Waals surface area contributed by atoms with Gasteiger partial charge in [0.1, 0.15) is 45.3 Å². The van der Waals surface area contributed by atoms with E-state index >= 15 is 0 Å². The van der Waals surface area contributed by atoms with Gasteiger partial charge in [0.15, 0.2) is 69.4 Å². The van der Waals surface area contributed by atoms with E-state index in [9.17, 15) is 98.4 Å². The first-order chi connectivity index (χ1) is 56.2. The molecule has 8 bridgehead atoms. The van der Waals surface area contributed by atoms with E-state index in [0.29, 0.717) is 38.5 Å². The fraction of sp³-hybridized carbons (Fsp3) is 0.731. The summed E-state index contributed by atoms with van der Waals surface area (Å²) in [7, 11) is 0. The minimum atomic E-state index is -1.35. The number of fused-ring (bicyclic) bond motifs is 4. The van der Waals surface area contributed by atoms with E-state index in [1.54, 1.807) is 69.2 Å². The van der Waals surface area contributed by atoms with Gasteiger partial charge in [-0.05, 0) is 282 Å². The van der Waals surface area contributed by atoms with E-state index < -0.39 is 122 Å². The van der Waals surface area contributed by atoms with E-state index in [1.165, 1.54) is 0 Å². The van der Waals surface area contributed by atoms with Crippen LogP contribution in [0.3, 0.4) is 0 Å². The van der Waals surface area contributed by atoms with Crippen LogP contribution < -0.4 is 0 Å². The number of hydrogen-bond acceptors (Lipinski definition) is 20. The zero-order chi connectivity index (χ0) is 94.9. The number of allylic oxidation sites excluding steroid dienone is 16. The molecular formula is C104H152O20. The quantitative estimate of drug-likeness (QED) is 0.0253. The highest BCUT2D eigenvalue weighted by Crippen LogP contribution is 2.78. The molecule has 4 spiro atoms. The van der Waals surface area contributed by atoms with Crippen LogP contribution in [0.1, 0.15) is 324 Å². The van der Waals surface area contributed by atoms with Crippen LogP contribution in [0.2, 0.25) is 0 Å². The molecule has 18 atom stereocenters. The van der Waals surface area contributed by atoms with Crippen LogP contribution in [0.4, 0.5) is 0 Å². The van der Waals surface area contributed by atoms with Crippen molar-refractivity contribution in [2.75, 3.05) is 0 Å². The molecule has 12 rings (SSSR count). The average Bonchev–Trinajstić information content (AvgIpc) is 1.51. The predicted octanol–water partition coefficient (Wildman–Crippen LogP) is 18.9. The van der Waals surface area contributed by atoms with Crippen LogP contribution in [-0.4, -0.2) is 133 Å². The standard InChI is InChI=1S/4C26H38O5/c2*1-14(2)9-10-25-12-18-23(5,6)17(24(7,8)31)13-26(18,22(25)30)21(29)19(20(25)28)16(27)11-15(3)4;2*1-9-15(4)19(27)18-20(28)25(11-10-14(2)3)12-17-23(5,6)16(24(7,8)31)13-26(17,21(18)29)22(25)30/h2*9,15,17-18,28,31H,10-13H2,1-8H3;2*10,15-17,28,31H,9,11-13H2,1-8H3/t2*17-,18-,25?,26+;2*15?,16-,17-,25?,26+/m1010/s1. The van der Waals surface area contributed by atoms with Crippen molar-refractivity contribution in [1.82, 2.24) is 0 Å². The van der Waals surface area contributed by atoms with Gasteiger partial charge in [-0.2, -0.15) is 0 Å². The average molecular weight is 1720 g/mol. The summed E-state index contributed by atoms with van der Waals surface area (Å²) >= 11 is 0. The van der Waals surface area contributed by atoms with Crippen molar-refractivity contribution in [2.45, 2.75) is 347 Å². The number of ketones is 12. The molecule has 0 aromatic rings. The van der Waals surface area contributed by atoms with E-state index in [1.807, 2.05) is 177 Å². The maximum Gasteiger partial charge on any atom is 0.183 e. The molecule has 8 saturated carbocycles. The highest BCUT2D eigenvalue weighted by Gasteiger charge is 2.83. The van der Waals surface area contributed by atoms with Gasteiger partial charge >= 0.3 is 0 Å². The Hall–Kier alpha value is -7.00. The van der Waals surface area contributed by atoms with Gasteiger partial charge < -0.3 is 40.9 Å². The van der Waals surface area contributed by atoms with Gasteiger partial charge in [-0.15, -0.1) is 0 Å². The molecule has 0 aromatic heterocycles. The van der Waals surface area contributed by atoms with Crippen molar-refractivity contribution in [1.29, 1.82) is 0 Å². The molecule has 8 fully saturated rings. The van der Waals surface area contributed by atoms with Gasteiger partial charge in [-0.3, -0.25) is 57.5 Å². The highest BCUT2D eigenvalue weighted by atomic mass is 16.3. The third-order valence-electron chi connectivity index (χ3n) is 33.7. The van der Waals surface area contributed by atoms with Crippen molar-refractivity contribution in [3.05, 3.63) is 91.9 Å². The lowest BCUT2D eigenvalue weighted by Gasteiger charge is -2.41. The molecule has 8 N–H and O–H groups in total. The minimum Gasteiger partial charge on any atom is -0.510 e. The van der Waals surface area contributed by atoms with Crippen molar-refractivity contribution in [2.24, 2.45) is 136 Å². The van der Waals surface area contributed by atoms with Crippen LogP contribution in [0.25, 0.3) is 0 Å². The number of Topliss-reactive ketones (excluding diaryl/α,β-unsaturated/α-hetero) is 12. The second kappa shape index (κ2) is 32.6. The predicted molar refractivity (Wildman–Crippen MR) is 477 cm³/mol. The molecule has 124 heavy (non-hydrogen) atoms. The Balaban J connectivity index is 0.000000187. The first-order valence-corrected chi connectivity index (χ1v) is 45.9. The van der Waals surface area contributed by atoms with Gasteiger partial charge in [-0.25, -0.2) is 0 Å². The lowest BCUT2D eigenvalue weighted by Crippen LogP contribution is -2.50. The molecule has 6 unspecified atom stereocenters. The van der Waals surface area contributed by atoms with E-state index in [0.717, 1.165) is 22.3 Å². The largest absolute Gasteiger partial charge is 0.510 e. The summed E-state index contributed by atoms with van der Waals surface area (Å²) in [4.78, 5) is 165. The number of carbonyl (C=O) groups is 12.